The Balaban J connectivity index is 1.91. The lowest BCUT2D eigenvalue weighted by Gasteiger charge is -2.09. The van der Waals surface area contributed by atoms with Crippen LogP contribution in [0.2, 0.25) is 0 Å². The first-order valence-corrected chi connectivity index (χ1v) is 6.81. The number of benzene rings is 2. The Morgan fingerprint density at radius 3 is 2.09 bits per heavy atom. The Hall–Kier alpha value is -3.41. The van der Waals surface area contributed by atoms with Crippen molar-refractivity contribution in [3.05, 3.63) is 83.2 Å². The monoisotopic (exact) mass is 308 g/mol. The summed E-state index contributed by atoms with van der Waals surface area (Å²) in [5.41, 5.74) is -0.114. The molecule has 0 saturated carbocycles. The first-order valence-electron chi connectivity index (χ1n) is 6.81. The number of hydrogen-bond acceptors (Lipinski definition) is 5. The topological polar surface area (TPSA) is 74.5 Å². The highest BCUT2D eigenvalue weighted by Crippen LogP contribution is 2.32. The molecular formula is C17H12N2O4. The van der Waals surface area contributed by atoms with E-state index in [2.05, 4.69) is 4.98 Å². The van der Waals surface area contributed by atoms with Gasteiger partial charge in [-0.3, -0.25) is 15.1 Å². The van der Waals surface area contributed by atoms with Gasteiger partial charge in [0.1, 0.15) is 23.0 Å². The van der Waals surface area contributed by atoms with Crippen molar-refractivity contribution in [1.29, 1.82) is 0 Å². The fourth-order valence-electron chi connectivity index (χ4n) is 1.95. The quantitative estimate of drug-likeness (QED) is 0.509. The third-order valence-corrected chi connectivity index (χ3v) is 2.92. The molecule has 23 heavy (non-hydrogen) atoms. The third-order valence-electron chi connectivity index (χ3n) is 2.92. The molecule has 0 aliphatic carbocycles. The molecule has 1 aromatic heterocycles. The summed E-state index contributed by atoms with van der Waals surface area (Å²) in [5.74, 6) is 1.70. The molecular weight excluding hydrogens is 296 g/mol. The van der Waals surface area contributed by atoms with Gasteiger partial charge in [-0.15, -0.1) is 0 Å². The molecule has 3 aromatic rings. The molecule has 0 N–H and O–H groups in total. The van der Waals surface area contributed by atoms with Crippen LogP contribution in [-0.2, 0) is 0 Å². The van der Waals surface area contributed by atoms with E-state index in [1.54, 1.807) is 36.5 Å². The van der Waals surface area contributed by atoms with Crippen LogP contribution >= 0.6 is 0 Å². The summed E-state index contributed by atoms with van der Waals surface area (Å²) in [6.07, 6.45) is 3.14. The lowest BCUT2D eigenvalue weighted by atomic mass is 10.2. The summed E-state index contributed by atoms with van der Waals surface area (Å²) in [4.78, 5) is 14.5. The molecule has 6 heteroatoms. The number of para-hydroxylation sites is 1. The Kier molecular flexibility index (Phi) is 4.15. The third kappa shape index (κ3) is 3.82. The fourth-order valence-corrected chi connectivity index (χ4v) is 1.95. The van der Waals surface area contributed by atoms with E-state index in [4.69, 9.17) is 9.47 Å². The maximum Gasteiger partial charge on any atom is 0.276 e. The van der Waals surface area contributed by atoms with Gasteiger partial charge < -0.3 is 9.47 Å². The van der Waals surface area contributed by atoms with Gasteiger partial charge in [0, 0.05) is 12.3 Å². The Bertz CT molecular complexity index is 748. The van der Waals surface area contributed by atoms with Gasteiger partial charge >= 0.3 is 0 Å². The zero-order valence-corrected chi connectivity index (χ0v) is 12.0. The van der Waals surface area contributed by atoms with Crippen molar-refractivity contribution >= 4 is 5.69 Å². The molecule has 0 fully saturated rings. The minimum absolute atomic E-state index is 0.114. The van der Waals surface area contributed by atoms with Crippen LogP contribution in [0.4, 0.5) is 5.69 Å². The number of pyridine rings is 1. The van der Waals surface area contributed by atoms with Crippen LogP contribution in [0.3, 0.4) is 0 Å². The number of ether oxygens (including phenoxy) is 2. The van der Waals surface area contributed by atoms with Crippen LogP contribution < -0.4 is 9.47 Å². The minimum atomic E-state index is -0.492. The van der Waals surface area contributed by atoms with Crippen LogP contribution in [0.15, 0.2) is 73.1 Å². The fraction of sp³-hybridized carbons (Fsp3) is 0. The van der Waals surface area contributed by atoms with Crippen LogP contribution in [-0.4, -0.2) is 9.91 Å². The molecule has 0 saturated heterocycles. The predicted octanol–water partition coefficient (Wildman–Crippen LogP) is 4.57. The second-order valence-corrected chi connectivity index (χ2v) is 4.63. The highest BCUT2D eigenvalue weighted by Gasteiger charge is 2.13. The largest absolute Gasteiger partial charge is 0.457 e. The Labute approximate surface area is 132 Å². The van der Waals surface area contributed by atoms with Crippen molar-refractivity contribution in [3.8, 4) is 23.0 Å². The molecule has 0 unspecified atom stereocenters. The number of nitro benzene ring substituents is 1. The molecule has 114 valence electrons. The molecule has 0 amide bonds. The molecule has 0 aliphatic heterocycles. The molecule has 1 heterocycles. The van der Waals surface area contributed by atoms with Gasteiger partial charge in [-0.1, -0.05) is 18.2 Å². The Morgan fingerprint density at radius 1 is 0.826 bits per heavy atom. The van der Waals surface area contributed by atoms with Gasteiger partial charge in [0.25, 0.3) is 5.69 Å². The molecule has 0 bridgehead atoms. The van der Waals surface area contributed by atoms with E-state index in [1.165, 1.54) is 18.3 Å². The van der Waals surface area contributed by atoms with Crippen molar-refractivity contribution in [1.82, 2.24) is 4.98 Å². The van der Waals surface area contributed by atoms with Gasteiger partial charge in [0.05, 0.1) is 23.3 Å². The lowest BCUT2D eigenvalue weighted by Crippen LogP contribution is -1.93. The lowest BCUT2D eigenvalue weighted by molar-refractivity contribution is -0.385. The van der Waals surface area contributed by atoms with E-state index in [9.17, 15) is 10.1 Å². The first kappa shape index (κ1) is 14.5. The normalized spacial score (nSPS) is 10.1. The van der Waals surface area contributed by atoms with Crippen LogP contribution in [0.5, 0.6) is 23.0 Å². The van der Waals surface area contributed by atoms with E-state index in [0.29, 0.717) is 23.0 Å². The first-order chi connectivity index (χ1) is 11.2. The van der Waals surface area contributed by atoms with Crippen molar-refractivity contribution in [2.75, 3.05) is 0 Å². The van der Waals surface area contributed by atoms with E-state index < -0.39 is 4.92 Å². The highest BCUT2D eigenvalue weighted by atomic mass is 16.6. The number of nitrogens with zero attached hydrogens (tertiary/aromatic N) is 2. The van der Waals surface area contributed by atoms with Crippen LogP contribution in [0, 0.1) is 10.1 Å². The van der Waals surface area contributed by atoms with Gasteiger partial charge in [0.15, 0.2) is 0 Å². The highest BCUT2D eigenvalue weighted by molar-refractivity contribution is 5.48. The van der Waals surface area contributed by atoms with Gasteiger partial charge in [-0.25, -0.2) is 0 Å². The average molecular weight is 308 g/mol. The number of hydrogen-bond donors (Lipinski definition) is 0. The standard InChI is InChI=1S/C17H12N2O4/c20-19(21)13-9-16(22-14-5-2-1-3-6-14)11-17(10-13)23-15-7-4-8-18-12-15/h1-12H. The zero-order chi connectivity index (χ0) is 16.1. The summed E-state index contributed by atoms with van der Waals surface area (Å²) in [6, 6.07) is 16.7. The van der Waals surface area contributed by atoms with Gasteiger partial charge in [-0.2, -0.15) is 0 Å². The summed E-state index contributed by atoms with van der Waals surface area (Å²) in [5, 5.41) is 11.1. The number of nitro groups is 1. The summed E-state index contributed by atoms with van der Waals surface area (Å²) in [6.45, 7) is 0. The second-order valence-electron chi connectivity index (χ2n) is 4.63. The Morgan fingerprint density at radius 2 is 1.48 bits per heavy atom. The van der Waals surface area contributed by atoms with Crippen molar-refractivity contribution in [2.24, 2.45) is 0 Å². The van der Waals surface area contributed by atoms with E-state index >= 15 is 0 Å². The molecule has 0 aliphatic rings. The zero-order valence-electron chi connectivity index (χ0n) is 12.0. The molecule has 3 rings (SSSR count). The SMILES string of the molecule is O=[N+]([O-])c1cc(Oc2ccccc2)cc(Oc2cccnc2)c1. The van der Waals surface area contributed by atoms with Crippen molar-refractivity contribution in [2.45, 2.75) is 0 Å². The maximum atomic E-state index is 11.1. The summed E-state index contributed by atoms with van der Waals surface area (Å²) >= 11 is 0. The number of rotatable bonds is 5. The molecule has 2 aromatic carbocycles. The summed E-state index contributed by atoms with van der Waals surface area (Å²) < 4.78 is 11.2. The van der Waals surface area contributed by atoms with Gasteiger partial charge in [0.2, 0.25) is 0 Å². The minimum Gasteiger partial charge on any atom is -0.457 e. The average Bonchev–Trinajstić information content (AvgIpc) is 2.56. The van der Waals surface area contributed by atoms with E-state index in [1.807, 2.05) is 18.2 Å². The molecule has 0 atom stereocenters. The maximum absolute atomic E-state index is 11.1. The molecule has 6 nitrogen and oxygen atoms in total. The molecule has 0 spiro atoms. The van der Waals surface area contributed by atoms with Crippen LogP contribution in [0.1, 0.15) is 0 Å². The number of aromatic nitrogens is 1. The summed E-state index contributed by atoms with van der Waals surface area (Å²) in [7, 11) is 0. The number of non-ortho nitro benzene ring substituents is 1. The van der Waals surface area contributed by atoms with E-state index in [-0.39, 0.29) is 5.69 Å². The molecule has 0 radical (unpaired) electrons. The van der Waals surface area contributed by atoms with Crippen molar-refractivity contribution in [3.63, 3.8) is 0 Å². The van der Waals surface area contributed by atoms with Crippen molar-refractivity contribution < 1.29 is 14.4 Å². The van der Waals surface area contributed by atoms with Gasteiger partial charge in [-0.05, 0) is 24.3 Å². The second kappa shape index (κ2) is 6.57. The van der Waals surface area contributed by atoms with E-state index in [0.717, 1.165) is 0 Å². The predicted molar refractivity (Wildman–Crippen MR) is 83.9 cm³/mol. The van der Waals surface area contributed by atoms with Crippen LogP contribution in [0.25, 0.3) is 0 Å². The smallest absolute Gasteiger partial charge is 0.276 e.